The van der Waals surface area contributed by atoms with Crippen LogP contribution in [0.1, 0.15) is 39.2 Å². The Labute approximate surface area is 159 Å². The number of ether oxygens (including phenoxy) is 2. The highest BCUT2D eigenvalue weighted by molar-refractivity contribution is 7.80. The zero-order valence-electron chi connectivity index (χ0n) is 14.9. The van der Waals surface area contributed by atoms with E-state index in [1.165, 1.54) is 12.8 Å². The molecule has 0 radical (unpaired) electrons. The van der Waals surface area contributed by atoms with Crippen molar-refractivity contribution in [3.05, 3.63) is 28.8 Å². The Hall–Kier alpha value is -1.37. The minimum absolute atomic E-state index is 0.330. The average molecular weight is 385 g/mol. The van der Waals surface area contributed by atoms with Crippen LogP contribution in [0, 0.1) is 0 Å². The molecule has 3 rings (SSSR count). The lowest BCUT2D eigenvalue weighted by molar-refractivity contribution is 0.0267. The van der Waals surface area contributed by atoms with Gasteiger partial charge in [-0.05, 0) is 57.4 Å². The summed E-state index contributed by atoms with van der Waals surface area (Å²) in [4.78, 5) is 14.3. The average Bonchev–Trinajstić information content (AvgIpc) is 3.02. The Morgan fingerprint density at radius 2 is 1.96 bits per heavy atom. The van der Waals surface area contributed by atoms with Crippen molar-refractivity contribution in [2.75, 3.05) is 25.1 Å². The third kappa shape index (κ3) is 6.80. The summed E-state index contributed by atoms with van der Waals surface area (Å²) in [5, 5.41) is 3.75. The first kappa shape index (κ1) is 19.9. The van der Waals surface area contributed by atoms with Crippen molar-refractivity contribution in [3.8, 4) is 0 Å². The molecule has 1 fully saturated rings. The Bertz CT molecular complexity index is 620. The number of halogens is 1. The van der Waals surface area contributed by atoms with E-state index < -0.39 is 5.60 Å². The second-order valence-electron chi connectivity index (χ2n) is 7.01. The summed E-state index contributed by atoms with van der Waals surface area (Å²) in [6.45, 7) is 8.26. The number of thiocarbonyl (C=S) groups is 1. The highest BCUT2D eigenvalue weighted by atomic mass is 35.5. The van der Waals surface area contributed by atoms with Gasteiger partial charge in [-0.1, -0.05) is 23.8 Å². The molecule has 0 aromatic heterocycles. The van der Waals surface area contributed by atoms with Crippen molar-refractivity contribution >= 4 is 40.6 Å². The molecule has 0 saturated carbocycles. The fourth-order valence-corrected chi connectivity index (χ4v) is 2.87. The van der Waals surface area contributed by atoms with Crippen molar-refractivity contribution in [2.45, 2.75) is 45.8 Å². The SMILES string of the molecule is C1CCOC1.CC(C)(C)OC(=O)N1CC(=S)Nc2ccc(Cl)cc2C1. The van der Waals surface area contributed by atoms with Gasteiger partial charge >= 0.3 is 6.09 Å². The molecule has 138 valence electrons. The minimum Gasteiger partial charge on any atom is -0.444 e. The Balaban J connectivity index is 0.000000386. The van der Waals surface area contributed by atoms with Gasteiger partial charge in [0.05, 0.1) is 18.1 Å². The number of carbonyl (C=O) groups excluding carboxylic acids is 1. The van der Waals surface area contributed by atoms with Gasteiger partial charge in [0.2, 0.25) is 0 Å². The summed E-state index contributed by atoms with van der Waals surface area (Å²) in [5.74, 6) is 0. The molecule has 1 amide bonds. The smallest absolute Gasteiger partial charge is 0.410 e. The van der Waals surface area contributed by atoms with Gasteiger partial charge in [-0.25, -0.2) is 4.79 Å². The first-order valence-corrected chi connectivity index (χ1v) is 9.17. The number of carbonyl (C=O) groups is 1. The third-order valence-corrected chi connectivity index (χ3v) is 3.98. The van der Waals surface area contributed by atoms with Gasteiger partial charge < -0.3 is 14.8 Å². The van der Waals surface area contributed by atoms with Crippen molar-refractivity contribution in [2.24, 2.45) is 0 Å². The lowest BCUT2D eigenvalue weighted by Crippen LogP contribution is -2.38. The van der Waals surface area contributed by atoms with Gasteiger partial charge in [-0.2, -0.15) is 0 Å². The van der Waals surface area contributed by atoms with Gasteiger partial charge in [0, 0.05) is 23.9 Å². The number of fused-ring (bicyclic) bond motifs is 1. The number of benzene rings is 1. The topological polar surface area (TPSA) is 50.8 Å². The van der Waals surface area contributed by atoms with Crippen LogP contribution in [-0.4, -0.2) is 41.3 Å². The van der Waals surface area contributed by atoms with Gasteiger partial charge in [-0.3, -0.25) is 4.90 Å². The zero-order valence-corrected chi connectivity index (χ0v) is 16.5. The molecule has 7 heteroatoms. The second kappa shape index (κ2) is 8.83. The van der Waals surface area contributed by atoms with Crippen molar-refractivity contribution in [3.63, 3.8) is 0 Å². The Kier molecular flexibility index (Phi) is 7.04. The third-order valence-electron chi connectivity index (χ3n) is 3.52. The summed E-state index contributed by atoms with van der Waals surface area (Å²) in [5.41, 5.74) is 1.27. The van der Waals surface area contributed by atoms with Crippen LogP contribution in [0.2, 0.25) is 5.02 Å². The van der Waals surface area contributed by atoms with Crippen LogP contribution in [0.3, 0.4) is 0 Å². The Morgan fingerprint density at radius 3 is 2.52 bits per heavy atom. The first-order valence-electron chi connectivity index (χ1n) is 8.38. The largest absolute Gasteiger partial charge is 0.444 e. The van der Waals surface area contributed by atoms with E-state index in [0.717, 1.165) is 24.5 Å². The molecule has 0 aliphatic carbocycles. The van der Waals surface area contributed by atoms with Gasteiger partial charge in [-0.15, -0.1) is 0 Å². The quantitative estimate of drug-likeness (QED) is 0.661. The molecule has 25 heavy (non-hydrogen) atoms. The lowest BCUT2D eigenvalue weighted by atomic mass is 10.1. The number of rotatable bonds is 0. The number of nitrogens with one attached hydrogen (secondary N) is 1. The predicted molar refractivity (Wildman–Crippen MR) is 104 cm³/mol. The van der Waals surface area contributed by atoms with E-state index in [0.29, 0.717) is 23.1 Å². The fraction of sp³-hybridized carbons (Fsp3) is 0.556. The normalized spacial score (nSPS) is 17.0. The number of amides is 1. The molecule has 5 nitrogen and oxygen atoms in total. The monoisotopic (exact) mass is 384 g/mol. The number of hydrogen-bond acceptors (Lipinski definition) is 4. The molecule has 0 atom stereocenters. The van der Waals surface area contributed by atoms with E-state index in [1.807, 2.05) is 32.9 Å². The standard InChI is InChI=1S/C14H17ClN2O2S.C4H8O/c1-14(2,3)19-13(18)17-7-9-6-10(15)4-5-11(9)16-12(20)8-17;1-2-4-5-3-1/h4-6H,7-8H2,1-3H3,(H,16,20);1-4H2. The van der Waals surface area contributed by atoms with E-state index in [1.54, 1.807) is 11.0 Å². The molecule has 1 N–H and O–H groups in total. The molecule has 0 bridgehead atoms. The molecular formula is C18H25ClN2O3S. The molecule has 2 aliphatic heterocycles. The highest BCUT2D eigenvalue weighted by Crippen LogP contribution is 2.25. The van der Waals surface area contributed by atoms with Crippen LogP contribution in [0.4, 0.5) is 10.5 Å². The summed E-state index contributed by atoms with van der Waals surface area (Å²) in [6, 6.07) is 5.48. The molecule has 0 unspecified atom stereocenters. The maximum absolute atomic E-state index is 12.2. The van der Waals surface area contributed by atoms with Crippen molar-refractivity contribution in [1.29, 1.82) is 0 Å². The van der Waals surface area contributed by atoms with Gasteiger partial charge in [0.15, 0.2) is 0 Å². The second-order valence-corrected chi connectivity index (χ2v) is 7.93. The van der Waals surface area contributed by atoms with Gasteiger partial charge in [0.25, 0.3) is 0 Å². The molecule has 0 spiro atoms. The van der Waals surface area contributed by atoms with E-state index >= 15 is 0 Å². The predicted octanol–water partition coefficient (Wildman–Crippen LogP) is 4.63. The van der Waals surface area contributed by atoms with E-state index in [9.17, 15) is 4.79 Å². The molecule has 2 aliphatic rings. The number of nitrogens with zero attached hydrogens (tertiary/aromatic N) is 1. The highest BCUT2D eigenvalue weighted by Gasteiger charge is 2.26. The number of anilines is 1. The van der Waals surface area contributed by atoms with Crippen LogP contribution < -0.4 is 5.32 Å². The maximum atomic E-state index is 12.2. The fourth-order valence-electron chi connectivity index (χ4n) is 2.41. The maximum Gasteiger partial charge on any atom is 0.410 e. The molecular weight excluding hydrogens is 360 g/mol. The van der Waals surface area contributed by atoms with Crippen LogP contribution in [0.25, 0.3) is 0 Å². The first-order chi connectivity index (χ1) is 11.7. The van der Waals surface area contributed by atoms with Crippen LogP contribution in [0.15, 0.2) is 18.2 Å². The summed E-state index contributed by atoms with van der Waals surface area (Å²) in [7, 11) is 0. The lowest BCUT2D eigenvalue weighted by Gasteiger charge is -2.26. The summed E-state index contributed by atoms with van der Waals surface area (Å²) >= 11 is 11.3. The van der Waals surface area contributed by atoms with Crippen LogP contribution >= 0.6 is 23.8 Å². The van der Waals surface area contributed by atoms with E-state index in [-0.39, 0.29) is 6.09 Å². The van der Waals surface area contributed by atoms with E-state index in [4.69, 9.17) is 33.3 Å². The van der Waals surface area contributed by atoms with Crippen molar-refractivity contribution in [1.82, 2.24) is 4.90 Å². The van der Waals surface area contributed by atoms with Crippen LogP contribution in [0.5, 0.6) is 0 Å². The number of hydrogen-bond donors (Lipinski definition) is 1. The van der Waals surface area contributed by atoms with E-state index in [2.05, 4.69) is 5.32 Å². The van der Waals surface area contributed by atoms with Crippen molar-refractivity contribution < 1.29 is 14.3 Å². The molecule has 1 saturated heterocycles. The van der Waals surface area contributed by atoms with Crippen LogP contribution in [-0.2, 0) is 16.0 Å². The molecule has 1 aromatic rings. The zero-order chi connectivity index (χ0) is 18.4. The minimum atomic E-state index is -0.532. The Morgan fingerprint density at radius 1 is 1.28 bits per heavy atom. The summed E-state index contributed by atoms with van der Waals surface area (Å²) in [6.07, 6.45) is 2.18. The molecule has 2 heterocycles. The summed E-state index contributed by atoms with van der Waals surface area (Å²) < 4.78 is 10.3. The van der Waals surface area contributed by atoms with Gasteiger partial charge in [0.1, 0.15) is 5.60 Å². The molecule has 1 aromatic carbocycles.